The number of fused-ring (bicyclic) bond motifs is 5. The Kier molecular flexibility index (Phi) is 9.98. The second-order valence-corrected chi connectivity index (χ2v) is 17.7. The quantitative estimate of drug-likeness (QED) is 0.268. The molecule has 6 nitrogen and oxygen atoms in total. The number of hydrogen-bond donors (Lipinski definition) is 1. The molecule has 0 spiro atoms. The molecule has 4 aliphatic rings. The minimum atomic E-state index is -3.64. The number of alkyl halides is 1. The number of benzene rings is 1. The summed E-state index contributed by atoms with van der Waals surface area (Å²) in [7, 11) is -3.64. The average molecular weight is 647 g/mol. The summed E-state index contributed by atoms with van der Waals surface area (Å²) in [4.78, 5) is 24.7. The van der Waals surface area contributed by atoms with Gasteiger partial charge in [0.2, 0.25) is 0 Å². The van der Waals surface area contributed by atoms with Crippen molar-refractivity contribution in [1.82, 2.24) is 0 Å². The molecular weight excluding hydrogens is 591 g/mol. The Morgan fingerprint density at radius 3 is 2.44 bits per heavy atom. The predicted octanol–water partition coefficient (Wildman–Crippen LogP) is 7.29. The van der Waals surface area contributed by atoms with Crippen LogP contribution in [0.5, 0.6) is 0 Å². The summed E-state index contributed by atoms with van der Waals surface area (Å²) in [6, 6.07) is 6.72. The number of sulfone groups is 1. The first kappa shape index (κ1) is 34.5. The van der Waals surface area contributed by atoms with Crippen molar-refractivity contribution >= 4 is 21.6 Å². The van der Waals surface area contributed by atoms with E-state index in [1.165, 1.54) is 6.92 Å². The van der Waals surface area contributed by atoms with Crippen molar-refractivity contribution in [2.75, 3.05) is 5.75 Å². The lowest BCUT2D eigenvalue weighted by molar-refractivity contribution is -0.226. The van der Waals surface area contributed by atoms with Gasteiger partial charge < -0.3 is 9.84 Å². The van der Waals surface area contributed by atoms with Gasteiger partial charge in [0.25, 0.3) is 0 Å². The first-order valence-electron chi connectivity index (χ1n) is 17.4. The van der Waals surface area contributed by atoms with Crippen LogP contribution in [0.1, 0.15) is 104 Å². The highest BCUT2D eigenvalue weighted by atomic mass is 32.2. The molecule has 5 rings (SSSR count). The molecule has 0 saturated heterocycles. The zero-order valence-corrected chi connectivity index (χ0v) is 29.0. The van der Waals surface area contributed by atoms with E-state index in [9.17, 15) is 23.1 Å². The number of rotatable bonds is 10. The number of esters is 1. The van der Waals surface area contributed by atoms with Crippen LogP contribution in [-0.4, -0.2) is 49.4 Å². The second kappa shape index (κ2) is 13.0. The third-order valence-corrected chi connectivity index (χ3v) is 14.9. The standard InChI is InChI=1S/C37H55FO6S/c1-7-27-33-34(38)31(44-24(4)39)17-19-37(33,6)30-16-18-36(5)28(14-15-29(36)32(30)35(27)41)23(3)11-9-12-25(40)21-45(42,43)26-13-8-10-22(2)20-26/h8,10,13,20,23,27-35,41H,7,9,11-12,14-19,21H2,1-6H3/t23-,27-,28?,29?,30?,31-,32?,33-,34+,35?,36-,37-/m1/s1. The van der Waals surface area contributed by atoms with Gasteiger partial charge in [-0.05, 0) is 116 Å². The summed E-state index contributed by atoms with van der Waals surface area (Å²) < 4.78 is 47.2. The van der Waals surface area contributed by atoms with E-state index >= 15 is 4.39 Å². The van der Waals surface area contributed by atoms with Crippen molar-refractivity contribution in [3.05, 3.63) is 29.8 Å². The summed E-state index contributed by atoms with van der Waals surface area (Å²) >= 11 is 0. The average Bonchev–Trinajstić information content (AvgIpc) is 3.32. The molecule has 4 saturated carbocycles. The molecule has 252 valence electrons. The Labute approximate surface area is 270 Å². The van der Waals surface area contributed by atoms with E-state index in [0.29, 0.717) is 37.0 Å². The molecule has 0 bridgehead atoms. The molecule has 0 amide bonds. The molecule has 12 atom stereocenters. The molecule has 1 aromatic carbocycles. The number of aryl methyl sites for hydroxylation is 1. The fourth-order valence-corrected chi connectivity index (χ4v) is 12.7. The zero-order valence-electron chi connectivity index (χ0n) is 28.1. The predicted molar refractivity (Wildman–Crippen MR) is 173 cm³/mol. The molecule has 1 aromatic rings. The third kappa shape index (κ3) is 6.28. The number of Topliss-reactive ketones (excluding diaryl/α,β-unsaturated/α-hetero) is 1. The van der Waals surface area contributed by atoms with Crippen LogP contribution in [0, 0.1) is 59.2 Å². The van der Waals surface area contributed by atoms with Crippen LogP contribution in [0.4, 0.5) is 4.39 Å². The monoisotopic (exact) mass is 646 g/mol. The van der Waals surface area contributed by atoms with Crippen molar-refractivity contribution in [3.8, 4) is 0 Å². The van der Waals surface area contributed by atoms with Gasteiger partial charge in [-0.25, -0.2) is 12.8 Å². The normalized spacial score (nSPS) is 40.1. The Morgan fingerprint density at radius 1 is 1.09 bits per heavy atom. The van der Waals surface area contributed by atoms with Gasteiger partial charge in [-0.2, -0.15) is 0 Å². The van der Waals surface area contributed by atoms with Crippen LogP contribution in [0.2, 0.25) is 0 Å². The SMILES string of the molecule is CC[C@H]1C(O)C2C3CCC([C@H](C)CCCC(=O)CS(=O)(=O)c4cccc(C)c4)[C@@]3(C)CCC2[C@@]2(C)CC[C@@H](OC(C)=O)[C@H](F)[C@@H]12. The van der Waals surface area contributed by atoms with Gasteiger partial charge in [0.15, 0.2) is 9.84 Å². The number of halogens is 1. The summed E-state index contributed by atoms with van der Waals surface area (Å²) in [5.74, 6) is 0.0206. The summed E-state index contributed by atoms with van der Waals surface area (Å²) in [6.07, 6.45) is 5.50. The molecule has 1 N–H and O–H groups in total. The number of ketones is 1. The third-order valence-electron chi connectivity index (χ3n) is 13.3. The number of hydrogen-bond acceptors (Lipinski definition) is 6. The van der Waals surface area contributed by atoms with Crippen LogP contribution in [-0.2, 0) is 24.2 Å². The molecule has 4 aliphatic carbocycles. The largest absolute Gasteiger partial charge is 0.459 e. The Balaban J connectivity index is 1.24. The zero-order chi connectivity index (χ0) is 32.9. The molecule has 0 radical (unpaired) electrons. The van der Waals surface area contributed by atoms with Crippen LogP contribution >= 0.6 is 0 Å². The number of aliphatic hydroxyl groups is 1. The number of carbonyl (C=O) groups is 2. The highest BCUT2D eigenvalue weighted by Crippen LogP contribution is 2.70. The molecular formula is C37H55FO6S. The highest BCUT2D eigenvalue weighted by molar-refractivity contribution is 7.92. The molecule has 4 fully saturated rings. The lowest BCUT2D eigenvalue weighted by Gasteiger charge is -2.65. The van der Waals surface area contributed by atoms with Crippen LogP contribution in [0.15, 0.2) is 29.2 Å². The summed E-state index contributed by atoms with van der Waals surface area (Å²) in [5.41, 5.74) is 0.698. The minimum Gasteiger partial charge on any atom is -0.459 e. The van der Waals surface area contributed by atoms with Crippen LogP contribution in [0.3, 0.4) is 0 Å². The molecule has 0 aromatic heterocycles. The fourth-order valence-electron chi connectivity index (χ4n) is 11.3. The van der Waals surface area contributed by atoms with Gasteiger partial charge >= 0.3 is 5.97 Å². The Hall–Kier alpha value is -1.80. The highest BCUT2D eigenvalue weighted by Gasteiger charge is 2.67. The van der Waals surface area contributed by atoms with Gasteiger partial charge in [0.05, 0.1) is 11.0 Å². The topological polar surface area (TPSA) is 97.7 Å². The van der Waals surface area contributed by atoms with E-state index in [1.54, 1.807) is 18.2 Å². The van der Waals surface area contributed by atoms with Gasteiger partial charge in [-0.1, -0.05) is 52.7 Å². The minimum absolute atomic E-state index is 0.0750. The van der Waals surface area contributed by atoms with Crippen molar-refractivity contribution in [2.24, 2.45) is 52.3 Å². The lowest BCUT2D eigenvalue weighted by Crippen LogP contribution is -2.65. The lowest BCUT2D eigenvalue weighted by atomic mass is 9.41. The van der Waals surface area contributed by atoms with Crippen molar-refractivity contribution in [3.63, 3.8) is 0 Å². The van der Waals surface area contributed by atoms with E-state index in [2.05, 4.69) is 27.7 Å². The van der Waals surface area contributed by atoms with E-state index in [-0.39, 0.29) is 51.6 Å². The first-order valence-corrected chi connectivity index (χ1v) is 19.1. The Morgan fingerprint density at radius 2 is 1.78 bits per heavy atom. The van der Waals surface area contributed by atoms with E-state index in [4.69, 9.17) is 4.74 Å². The van der Waals surface area contributed by atoms with Crippen molar-refractivity contribution in [2.45, 2.75) is 129 Å². The maximum Gasteiger partial charge on any atom is 0.303 e. The van der Waals surface area contributed by atoms with Gasteiger partial charge in [0.1, 0.15) is 23.8 Å². The maximum atomic E-state index is 16.2. The van der Waals surface area contributed by atoms with Gasteiger partial charge in [-0.15, -0.1) is 0 Å². The van der Waals surface area contributed by atoms with Crippen molar-refractivity contribution < 1.29 is 32.2 Å². The van der Waals surface area contributed by atoms with Gasteiger partial charge in [0, 0.05) is 19.3 Å². The maximum absolute atomic E-state index is 16.2. The molecule has 0 heterocycles. The molecule has 45 heavy (non-hydrogen) atoms. The van der Waals surface area contributed by atoms with E-state index in [1.807, 2.05) is 13.0 Å². The van der Waals surface area contributed by atoms with Crippen molar-refractivity contribution in [1.29, 1.82) is 0 Å². The summed E-state index contributed by atoms with van der Waals surface area (Å²) in [6.45, 7) is 12.2. The first-order chi connectivity index (χ1) is 21.1. The molecule has 8 heteroatoms. The van der Waals surface area contributed by atoms with Crippen LogP contribution < -0.4 is 0 Å². The number of carbonyl (C=O) groups excluding carboxylic acids is 2. The summed E-state index contributed by atoms with van der Waals surface area (Å²) in [5, 5.41) is 12.0. The fraction of sp³-hybridized carbons (Fsp3) is 0.784. The smallest absolute Gasteiger partial charge is 0.303 e. The molecule has 0 aliphatic heterocycles. The van der Waals surface area contributed by atoms with E-state index in [0.717, 1.165) is 44.1 Å². The van der Waals surface area contributed by atoms with E-state index < -0.39 is 39.9 Å². The van der Waals surface area contributed by atoms with Gasteiger partial charge in [-0.3, -0.25) is 9.59 Å². The van der Waals surface area contributed by atoms with Crippen LogP contribution in [0.25, 0.3) is 0 Å². The number of aliphatic hydroxyl groups excluding tert-OH is 1. The Bertz CT molecular complexity index is 1360. The number of ether oxygens (including phenoxy) is 1. The molecule has 5 unspecified atom stereocenters. The second-order valence-electron chi connectivity index (χ2n) is 15.7.